The molecular weight excluding hydrogens is 328 g/mol. The van der Waals surface area contributed by atoms with Crippen molar-refractivity contribution in [3.8, 4) is 0 Å². The predicted octanol–water partition coefficient (Wildman–Crippen LogP) is 1.73. The lowest BCUT2D eigenvalue weighted by atomic mass is 9.74. The Labute approximate surface area is 150 Å². The second-order valence-corrected chi connectivity index (χ2v) is 8.61. The van der Waals surface area contributed by atoms with Crippen molar-refractivity contribution in [2.24, 2.45) is 59.2 Å². The Hall–Kier alpha value is -2.36. The van der Waals surface area contributed by atoms with Crippen molar-refractivity contribution in [1.82, 2.24) is 0 Å². The van der Waals surface area contributed by atoms with E-state index in [4.69, 9.17) is 0 Å². The average molecular weight is 346 g/mol. The van der Waals surface area contributed by atoms with Gasteiger partial charge in [0.15, 0.2) is 23.1 Å². The van der Waals surface area contributed by atoms with Gasteiger partial charge in [0.05, 0.1) is 0 Å². The summed E-state index contributed by atoms with van der Waals surface area (Å²) in [7, 11) is 0. The molecule has 0 heterocycles. The first-order valence-electron chi connectivity index (χ1n) is 9.46. The molecule has 0 spiro atoms. The summed E-state index contributed by atoms with van der Waals surface area (Å²) in [6, 6.07) is 0. The van der Waals surface area contributed by atoms with Gasteiger partial charge in [0.1, 0.15) is 0 Å². The number of hydrogen-bond acceptors (Lipinski definition) is 4. The number of allylic oxidation sites excluding steroid dienone is 8. The fourth-order valence-electron chi connectivity index (χ4n) is 7.20. The number of rotatable bonds is 1. The highest BCUT2D eigenvalue weighted by atomic mass is 16.1. The Balaban J connectivity index is 1.41. The van der Waals surface area contributed by atoms with E-state index in [2.05, 4.69) is 24.3 Å². The Morgan fingerprint density at radius 1 is 0.423 bits per heavy atom. The molecule has 2 fully saturated rings. The van der Waals surface area contributed by atoms with Gasteiger partial charge in [-0.25, -0.2) is 0 Å². The first-order chi connectivity index (χ1) is 12.6. The Kier molecular flexibility index (Phi) is 2.65. The standard InChI is InChI=1S/C22H18O4/c23-13-5-6-14(24)20-10-2-1-9(19(13)20)17(10)18-11-3-4-12(18)22-16(26)8-7-15(25)21(11)22/h1-12,17-22H. The number of fused-ring (bicyclic) bond motifs is 11. The maximum atomic E-state index is 12.5. The molecule has 0 aromatic heterocycles. The lowest BCUT2D eigenvalue weighted by Gasteiger charge is -2.29. The molecule has 6 aliphatic carbocycles. The molecule has 8 atom stereocenters. The molecule has 26 heavy (non-hydrogen) atoms. The van der Waals surface area contributed by atoms with Crippen molar-refractivity contribution < 1.29 is 19.2 Å². The van der Waals surface area contributed by atoms with Crippen LogP contribution in [0.2, 0.25) is 0 Å². The minimum atomic E-state index is -0.251. The third-order valence-corrected chi connectivity index (χ3v) is 7.90. The smallest absolute Gasteiger partial charge is 0.160 e. The van der Waals surface area contributed by atoms with Crippen LogP contribution in [0.15, 0.2) is 48.6 Å². The summed E-state index contributed by atoms with van der Waals surface area (Å²) in [6.07, 6.45) is 14.2. The molecule has 0 aliphatic heterocycles. The molecule has 0 aromatic rings. The average Bonchev–Trinajstić information content (AvgIpc) is 3.37. The highest BCUT2D eigenvalue weighted by Crippen LogP contribution is 2.65. The summed E-state index contributed by atoms with van der Waals surface area (Å²) in [5.41, 5.74) is 0. The van der Waals surface area contributed by atoms with E-state index in [1.807, 2.05) is 0 Å². The molecule has 8 unspecified atom stereocenters. The van der Waals surface area contributed by atoms with E-state index < -0.39 is 0 Å². The molecule has 4 bridgehead atoms. The fraction of sp³-hybridized carbons (Fsp3) is 0.455. The lowest BCUT2D eigenvalue weighted by Crippen LogP contribution is -2.34. The van der Waals surface area contributed by atoms with Gasteiger partial charge in [-0.15, -0.1) is 0 Å². The van der Waals surface area contributed by atoms with Crippen molar-refractivity contribution in [3.05, 3.63) is 48.6 Å². The van der Waals surface area contributed by atoms with Gasteiger partial charge in [0.25, 0.3) is 0 Å². The summed E-state index contributed by atoms with van der Waals surface area (Å²) in [6.45, 7) is 0. The Morgan fingerprint density at radius 3 is 0.885 bits per heavy atom. The van der Waals surface area contributed by atoms with Crippen molar-refractivity contribution in [2.75, 3.05) is 0 Å². The van der Waals surface area contributed by atoms with Gasteiger partial charge in [0, 0.05) is 23.7 Å². The van der Waals surface area contributed by atoms with Gasteiger partial charge in [-0.3, -0.25) is 19.2 Å². The highest BCUT2D eigenvalue weighted by Gasteiger charge is 2.66. The summed E-state index contributed by atoms with van der Waals surface area (Å²) < 4.78 is 0. The van der Waals surface area contributed by atoms with Crippen LogP contribution in [0, 0.1) is 59.2 Å². The Bertz CT molecular complexity index is 761. The molecule has 4 nitrogen and oxygen atoms in total. The predicted molar refractivity (Wildman–Crippen MR) is 91.5 cm³/mol. The van der Waals surface area contributed by atoms with Crippen LogP contribution in [-0.2, 0) is 19.2 Å². The Morgan fingerprint density at radius 2 is 0.654 bits per heavy atom. The largest absolute Gasteiger partial charge is 0.294 e. The first kappa shape index (κ1) is 14.8. The van der Waals surface area contributed by atoms with Gasteiger partial charge in [-0.2, -0.15) is 0 Å². The molecule has 0 saturated heterocycles. The molecule has 0 aromatic carbocycles. The fourth-order valence-corrected chi connectivity index (χ4v) is 7.20. The zero-order valence-electron chi connectivity index (χ0n) is 14.0. The van der Waals surface area contributed by atoms with Crippen LogP contribution in [0.25, 0.3) is 0 Å². The van der Waals surface area contributed by atoms with Crippen LogP contribution in [-0.4, -0.2) is 23.1 Å². The zero-order chi connectivity index (χ0) is 17.7. The minimum absolute atomic E-state index is 0.0552. The van der Waals surface area contributed by atoms with Gasteiger partial charge >= 0.3 is 0 Å². The molecule has 0 N–H and O–H groups in total. The molecule has 2 saturated carbocycles. The van der Waals surface area contributed by atoms with Crippen molar-refractivity contribution in [3.63, 3.8) is 0 Å². The second kappa shape index (κ2) is 4.67. The van der Waals surface area contributed by atoms with Crippen LogP contribution in [0.5, 0.6) is 0 Å². The summed E-state index contributed by atoms with van der Waals surface area (Å²) in [5, 5.41) is 0. The summed E-state index contributed by atoms with van der Waals surface area (Å²) in [4.78, 5) is 50.0. The second-order valence-electron chi connectivity index (χ2n) is 8.61. The van der Waals surface area contributed by atoms with Crippen LogP contribution >= 0.6 is 0 Å². The third-order valence-electron chi connectivity index (χ3n) is 7.90. The zero-order valence-corrected chi connectivity index (χ0v) is 14.0. The van der Waals surface area contributed by atoms with E-state index in [-0.39, 0.29) is 82.3 Å². The maximum Gasteiger partial charge on any atom is 0.160 e. The van der Waals surface area contributed by atoms with Crippen LogP contribution < -0.4 is 0 Å². The van der Waals surface area contributed by atoms with Crippen LogP contribution in [0.1, 0.15) is 0 Å². The van der Waals surface area contributed by atoms with E-state index in [0.717, 1.165) is 0 Å². The molecule has 4 heteroatoms. The molecule has 6 rings (SSSR count). The van der Waals surface area contributed by atoms with Crippen molar-refractivity contribution in [2.45, 2.75) is 0 Å². The summed E-state index contributed by atoms with van der Waals surface area (Å²) in [5.74, 6) is -0.207. The van der Waals surface area contributed by atoms with Gasteiger partial charge in [-0.05, 0) is 59.8 Å². The monoisotopic (exact) mass is 346 g/mol. The van der Waals surface area contributed by atoms with Gasteiger partial charge in [-0.1, -0.05) is 24.3 Å². The van der Waals surface area contributed by atoms with Gasteiger partial charge in [0.2, 0.25) is 0 Å². The van der Waals surface area contributed by atoms with E-state index >= 15 is 0 Å². The normalized spacial score (nSPS) is 52.3. The van der Waals surface area contributed by atoms with E-state index in [9.17, 15) is 19.2 Å². The highest BCUT2D eigenvalue weighted by molar-refractivity contribution is 6.09. The van der Waals surface area contributed by atoms with E-state index in [1.54, 1.807) is 0 Å². The van der Waals surface area contributed by atoms with E-state index in [0.29, 0.717) is 0 Å². The van der Waals surface area contributed by atoms with Gasteiger partial charge < -0.3 is 0 Å². The van der Waals surface area contributed by atoms with Crippen molar-refractivity contribution in [1.29, 1.82) is 0 Å². The molecule has 130 valence electrons. The molecule has 0 amide bonds. The molecule has 0 radical (unpaired) electrons. The van der Waals surface area contributed by atoms with Crippen molar-refractivity contribution >= 4 is 23.1 Å². The quantitative estimate of drug-likeness (QED) is 0.678. The maximum absolute atomic E-state index is 12.5. The topological polar surface area (TPSA) is 68.3 Å². The van der Waals surface area contributed by atoms with Crippen LogP contribution in [0.3, 0.4) is 0 Å². The third kappa shape index (κ3) is 1.53. The van der Waals surface area contributed by atoms with E-state index in [1.165, 1.54) is 24.3 Å². The molecule has 6 aliphatic rings. The number of carbonyl (C=O) groups excluding carboxylic acids is 4. The number of carbonyl (C=O) groups is 4. The molecular formula is C22H18O4. The SMILES string of the molecule is O=C1C=CC(=O)C2C3C=CC(C12)C3C1C2C=CC1C1C(=O)C=CC(=O)C21. The number of hydrogen-bond donors (Lipinski definition) is 0. The minimum Gasteiger partial charge on any atom is -0.294 e. The summed E-state index contributed by atoms with van der Waals surface area (Å²) >= 11 is 0. The van der Waals surface area contributed by atoms with Crippen LogP contribution in [0.4, 0.5) is 0 Å². The number of ketones is 4. The first-order valence-corrected chi connectivity index (χ1v) is 9.46. The lowest BCUT2D eigenvalue weighted by molar-refractivity contribution is -0.129.